The van der Waals surface area contributed by atoms with Crippen LogP contribution >= 0.6 is 12.6 Å². The van der Waals surface area contributed by atoms with Crippen molar-refractivity contribution >= 4 is 18.5 Å². The van der Waals surface area contributed by atoms with Crippen LogP contribution in [-0.2, 0) is 4.79 Å². The Morgan fingerprint density at radius 2 is 1.88 bits per heavy atom. The lowest BCUT2D eigenvalue weighted by atomic mass is 9.98. The topological polar surface area (TPSA) is 23.6 Å². The Balaban J connectivity index is 1.82. The number of rotatable bonds is 3. The predicted molar refractivity (Wildman–Crippen MR) is 73.5 cm³/mol. The van der Waals surface area contributed by atoms with Gasteiger partial charge in [0.05, 0.1) is 0 Å². The molecule has 0 aromatic carbocycles. The molecule has 0 saturated carbocycles. The molecule has 0 radical (unpaired) electrons. The molecular weight excluding hydrogens is 232 g/mol. The number of piperidine rings is 1. The number of amides is 1. The minimum absolute atomic E-state index is 0.249. The molecule has 3 unspecified atom stereocenters. The van der Waals surface area contributed by atoms with Gasteiger partial charge in [0.15, 0.2) is 0 Å². The van der Waals surface area contributed by atoms with Crippen molar-refractivity contribution in [3.8, 4) is 0 Å². The van der Waals surface area contributed by atoms with Crippen LogP contribution in [0.15, 0.2) is 0 Å². The first-order valence-electron chi connectivity index (χ1n) is 6.79. The second-order valence-corrected chi connectivity index (χ2v) is 6.29. The van der Waals surface area contributed by atoms with Crippen LogP contribution in [0.1, 0.15) is 39.5 Å². The van der Waals surface area contributed by atoms with Gasteiger partial charge < -0.3 is 4.90 Å². The highest BCUT2D eigenvalue weighted by Gasteiger charge is 2.29. The Bertz CT molecular complexity index is 275. The Kier molecular flexibility index (Phi) is 4.36. The summed E-state index contributed by atoms with van der Waals surface area (Å²) in [6, 6.07) is 1.34. The molecule has 1 amide bonds. The van der Waals surface area contributed by atoms with Crippen LogP contribution in [0.25, 0.3) is 0 Å². The Labute approximate surface area is 110 Å². The minimum Gasteiger partial charge on any atom is -0.340 e. The van der Waals surface area contributed by atoms with Gasteiger partial charge >= 0.3 is 0 Å². The molecule has 0 aromatic rings. The fraction of sp³-hybridized carbons (Fsp3) is 0.923. The molecule has 0 N–H and O–H groups in total. The number of hydrogen-bond donors (Lipinski definition) is 1. The molecule has 2 fully saturated rings. The van der Waals surface area contributed by atoms with E-state index in [0.29, 0.717) is 18.5 Å². The average Bonchev–Trinajstić information content (AvgIpc) is 2.57. The van der Waals surface area contributed by atoms with Gasteiger partial charge in [0.1, 0.15) is 0 Å². The second kappa shape index (κ2) is 5.61. The van der Waals surface area contributed by atoms with Gasteiger partial charge in [0.25, 0.3) is 0 Å². The summed E-state index contributed by atoms with van der Waals surface area (Å²) in [6.07, 6.45) is 4.56. The van der Waals surface area contributed by atoms with E-state index in [0.717, 1.165) is 19.6 Å². The molecule has 2 rings (SSSR count). The van der Waals surface area contributed by atoms with Crippen LogP contribution in [0.4, 0.5) is 0 Å². The molecule has 0 bridgehead atoms. The van der Waals surface area contributed by atoms with Gasteiger partial charge in [0.2, 0.25) is 5.91 Å². The Hall–Kier alpha value is -0.220. The summed E-state index contributed by atoms with van der Waals surface area (Å²) in [5, 5.41) is 0.249. The third-order valence-electron chi connectivity index (χ3n) is 4.20. The highest BCUT2D eigenvalue weighted by atomic mass is 32.1. The zero-order valence-electron chi connectivity index (χ0n) is 10.9. The Morgan fingerprint density at radius 3 is 2.41 bits per heavy atom. The van der Waals surface area contributed by atoms with E-state index in [1.54, 1.807) is 0 Å². The molecule has 17 heavy (non-hydrogen) atoms. The molecule has 98 valence electrons. The molecule has 4 heteroatoms. The first-order chi connectivity index (χ1) is 8.08. The molecule has 2 aliphatic heterocycles. The number of hydrogen-bond acceptors (Lipinski definition) is 3. The molecule has 0 aliphatic carbocycles. The van der Waals surface area contributed by atoms with E-state index in [9.17, 15) is 4.79 Å². The standard InChI is InChI=1S/C13H24N2OS/c1-10-4-3-5-11(2)15(10)7-6-14-9-12(17)8-13(14)16/h10-12,17H,3-9H2,1-2H3. The summed E-state index contributed by atoms with van der Waals surface area (Å²) < 4.78 is 0. The van der Waals surface area contributed by atoms with Crippen LogP contribution < -0.4 is 0 Å². The number of nitrogens with zero attached hydrogens (tertiary/aromatic N) is 2. The normalized spacial score (nSPS) is 35.6. The zero-order chi connectivity index (χ0) is 12.4. The predicted octanol–water partition coefficient (Wildman–Crippen LogP) is 1.78. The quantitative estimate of drug-likeness (QED) is 0.778. The maximum atomic E-state index is 11.7. The minimum atomic E-state index is 0.249. The summed E-state index contributed by atoms with van der Waals surface area (Å²) in [5.74, 6) is 0.280. The first kappa shape index (κ1) is 13.2. The van der Waals surface area contributed by atoms with E-state index in [1.165, 1.54) is 19.3 Å². The zero-order valence-corrected chi connectivity index (χ0v) is 11.8. The fourth-order valence-electron chi connectivity index (χ4n) is 3.12. The van der Waals surface area contributed by atoms with Gasteiger partial charge in [-0.15, -0.1) is 0 Å². The monoisotopic (exact) mass is 256 g/mol. The van der Waals surface area contributed by atoms with Crippen molar-refractivity contribution in [1.82, 2.24) is 9.80 Å². The summed E-state index contributed by atoms with van der Waals surface area (Å²) in [5.41, 5.74) is 0. The number of thiol groups is 1. The van der Waals surface area contributed by atoms with Gasteiger partial charge in [-0.05, 0) is 26.7 Å². The lowest BCUT2D eigenvalue weighted by molar-refractivity contribution is -0.128. The third kappa shape index (κ3) is 3.16. The molecular formula is C13H24N2OS. The SMILES string of the molecule is CC1CCCC(C)N1CCN1CC(S)CC1=O. The second-order valence-electron chi connectivity index (χ2n) is 5.56. The summed E-state index contributed by atoms with van der Waals surface area (Å²) in [4.78, 5) is 16.2. The van der Waals surface area contributed by atoms with E-state index in [2.05, 4.69) is 31.4 Å². The molecule has 0 spiro atoms. The van der Waals surface area contributed by atoms with Crippen LogP contribution in [0.2, 0.25) is 0 Å². The lowest BCUT2D eigenvalue weighted by Crippen LogP contribution is -2.47. The smallest absolute Gasteiger partial charge is 0.223 e. The molecule has 2 aliphatic rings. The van der Waals surface area contributed by atoms with Crippen LogP contribution in [0.3, 0.4) is 0 Å². The van der Waals surface area contributed by atoms with Crippen molar-refractivity contribution < 1.29 is 4.79 Å². The van der Waals surface area contributed by atoms with E-state index in [1.807, 2.05) is 4.90 Å². The van der Waals surface area contributed by atoms with E-state index < -0.39 is 0 Å². The highest BCUT2D eigenvalue weighted by Crippen LogP contribution is 2.23. The molecule has 3 atom stereocenters. The molecule has 2 saturated heterocycles. The molecule has 0 aromatic heterocycles. The van der Waals surface area contributed by atoms with Crippen molar-refractivity contribution in [2.45, 2.75) is 56.9 Å². The van der Waals surface area contributed by atoms with Gasteiger partial charge in [0, 0.05) is 43.4 Å². The summed E-state index contributed by atoms with van der Waals surface area (Å²) in [7, 11) is 0. The summed E-state index contributed by atoms with van der Waals surface area (Å²) in [6.45, 7) is 7.35. The van der Waals surface area contributed by atoms with Crippen molar-refractivity contribution in [1.29, 1.82) is 0 Å². The van der Waals surface area contributed by atoms with E-state index in [4.69, 9.17) is 0 Å². The van der Waals surface area contributed by atoms with Crippen molar-refractivity contribution in [2.75, 3.05) is 19.6 Å². The number of carbonyl (C=O) groups excluding carboxylic acids is 1. The number of likely N-dealkylation sites (tertiary alicyclic amines) is 2. The van der Waals surface area contributed by atoms with Crippen LogP contribution in [0, 0.1) is 0 Å². The van der Waals surface area contributed by atoms with Crippen molar-refractivity contribution in [3.63, 3.8) is 0 Å². The highest BCUT2D eigenvalue weighted by molar-refractivity contribution is 7.81. The van der Waals surface area contributed by atoms with E-state index in [-0.39, 0.29) is 11.2 Å². The Morgan fingerprint density at radius 1 is 1.24 bits per heavy atom. The maximum Gasteiger partial charge on any atom is 0.223 e. The molecule has 2 heterocycles. The first-order valence-corrected chi connectivity index (χ1v) is 7.31. The molecule has 3 nitrogen and oxygen atoms in total. The lowest BCUT2D eigenvalue weighted by Gasteiger charge is -2.39. The summed E-state index contributed by atoms with van der Waals surface area (Å²) >= 11 is 4.39. The van der Waals surface area contributed by atoms with Crippen molar-refractivity contribution in [2.24, 2.45) is 0 Å². The fourth-order valence-corrected chi connectivity index (χ4v) is 3.47. The van der Waals surface area contributed by atoms with Gasteiger partial charge in [-0.3, -0.25) is 9.69 Å². The van der Waals surface area contributed by atoms with Crippen molar-refractivity contribution in [3.05, 3.63) is 0 Å². The van der Waals surface area contributed by atoms with Gasteiger partial charge in [-0.25, -0.2) is 0 Å². The number of carbonyl (C=O) groups is 1. The van der Waals surface area contributed by atoms with E-state index >= 15 is 0 Å². The van der Waals surface area contributed by atoms with Gasteiger partial charge in [-0.2, -0.15) is 12.6 Å². The average molecular weight is 256 g/mol. The van der Waals surface area contributed by atoms with Crippen LogP contribution in [-0.4, -0.2) is 52.7 Å². The largest absolute Gasteiger partial charge is 0.340 e. The van der Waals surface area contributed by atoms with Gasteiger partial charge in [-0.1, -0.05) is 6.42 Å². The maximum absolute atomic E-state index is 11.7. The third-order valence-corrected chi connectivity index (χ3v) is 4.54. The van der Waals surface area contributed by atoms with Crippen LogP contribution in [0.5, 0.6) is 0 Å².